The maximum atomic E-state index is 10.8. The maximum absolute atomic E-state index is 10.8. The van der Waals surface area contributed by atoms with Crippen LogP contribution in [0, 0.1) is 0 Å². The molecule has 2 atom stereocenters. The van der Waals surface area contributed by atoms with E-state index >= 15 is 0 Å². The summed E-state index contributed by atoms with van der Waals surface area (Å²) in [4.78, 5) is 20.5. The van der Waals surface area contributed by atoms with Crippen molar-refractivity contribution in [3.8, 4) is 0 Å². The average Bonchev–Trinajstić information content (AvgIpc) is 2.10. The number of nitrogens with two attached hydrogens (primary N) is 2. The summed E-state index contributed by atoms with van der Waals surface area (Å²) in [7, 11) is 0. The fraction of sp³-hybridized carbons (Fsp3) is 0.857. The minimum atomic E-state index is -0.838. The lowest BCUT2D eigenvalue weighted by Gasteiger charge is -2.08. The lowest BCUT2D eigenvalue weighted by Crippen LogP contribution is -2.22. The van der Waals surface area contributed by atoms with Gasteiger partial charge in [-0.15, -0.1) is 12.4 Å². The molecule has 0 saturated heterocycles. The van der Waals surface area contributed by atoms with Crippen LogP contribution in [0.5, 0.6) is 0 Å². The van der Waals surface area contributed by atoms with Crippen LogP contribution in [0.4, 0.5) is 0 Å². The van der Waals surface area contributed by atoms with Crippen molar-refractivity contribution in [1.29, 1.82) is 0 Å². The van der Waals surface area contributed by atoms with Crippen molar-refractivity contribution in [3.63, 3.8) is 0 Å². The number of carbonyl (C=O) groups is 2. The Kier molecular flexibility index (Phi) is 24.1. The first-order chi connectivity index (χ1) is 9.38. The van der Waals surface area contributed by atoms with Gasteiger partial charge in [-0.25, -0.2) is 0 Å². The van der Waals surface area contributed by atoms with Gasteiger partial charge in [0, 0.05) is 18.2 Å². The lowest BCUT2D eigenvalue weighted by atomic mass is 10.2. The highest BCUT2D eigenvalue weighted by molar-refractivity contribution is 5.85. The highest BCUT2D eigenvalue weighted by Gasteiger charge is 2.07. The quantitative estimate of drug-likeness (QED) is 0.551. The van der Waals surface area contributed by atoms with Crippen LogP contribution in [0.3, 0.4) is 0 Å². The molecular weight excluding hydrogens is 312 g/mol. The first-order valence-electron chi connectivity index (χ1n) is 6.98. The molecule has 22 heavy (non-hydrogen) atoms. The molecule has 0 amide bonds. The van der Waals surface area contributed by atoms with Crippen molar-refractivity contribution < 1.29 is 24.5 Å². The predicted molar refractivity (Wildman–Crippen MR) is 90.0 cm³/mol. The third-order valence-corrected chi connectivity index (χ3v) is 1.35. The van der Waals surface area contributed by atoms with Crippen LogP contribution in [0.25, 0.3) is 0 Å². The zero-order chi connectivity index (χ0) is 17.6. The SMILES string of the molecule is CC(C)O.CC(C)OC(=O)C[C@H](C)N.C[C@H](N)CC(=O)O.Cl. The number of aliphatic hydroxyl groups excluding tert-OH is 1. The Morgan fingerprint density at radius 3 is 1.41 bits per heavy atom. The fourth-order valence-electron chi connectivity index (χ4n) is 0.849. The zero-order valence-corrected chi connectivity index (χ0v) is 15.2. The van der Waals surface area contributed by atoms with Gasteiger partial charge in [-0.3, -0.25) is 9.59 Å². The van der Waals surface area contributed by atoms with Crippen molar-refractivity contribution in [1.82, 2.24) is 0 Å². The number of rotatable bonds is 5. The lowest BCUT2D eigenvalue weighted by molar-refractivity contribution is -0.147. The largest absolute Gasteiger partial charge is 0.481 e. The molecular formula is C14H33ClN2O5. The van der Waals surface area contributed by atoms with Crippen LogP contribution in [0.15, 0.2) is 0 Å². The molecule has 0 fully saturated rings. The summed E-state index contributed by atoms with van der Waals surface area (Å²) in [6.07, 6.45) is 0.157. The number of esters is 1. The maximum Gasteiger partial charge on any atom is 0.307 e. The topological polar surface area (TPSA) is 136 Å². The fourth-order valence-corrected chi connectivity index (χ4v) is 0.849. The molecule has 136 valence electrons. The van der Waals surface area contributed by atoms with Crippen LogP contribution in [-0.2, 0) is 14.3 Å². The van der Waals surface area contributed by atoms with E-state index in [-0.39, 0.29) is 49.1 Å². The number of ether oxygens (including phenoxy) is 1. The van der Waals surface area contributed by atoms with Crippen LogP contribution in [0.1, 0.15) is 54.4 Å². The Bertz CT molecular complexity index is 257. The minimum absolute atomic E-state index is 0. The van der Waals surface area contributed by atoms with E-state index in [1.54, 1.807) is 27.7 Å². The van der Waals surface area contributed by atoms with Crippen molar-refractivity contribution >= 4 is 24.3 Å². The molecule has 0 aromatic carbocycles. The van der Waals surface area contributed by atoms with Gasteiger partial charge in [0.2, 0.25) is 0 Å². The molecule has 0 aromatic heterocycles. The molecule has 0 aromatic rings. The Morgan fingerprint density at radius 2 is 1.27 bits per heavy atom. The first-order valence-corrected chi connectivity index (χ1v) is 6.98. The van der Waals surface area contributed by atoms with Crippen molar-refractivity contribution in [3.05, 3.63) is 0 Å². The number of hydrogen-bond donors (Lipinski definition) is 4. The van der Waals surface area contributed by atoms with Gasteiger partial charge in [-0.2, -0.15) is 0 Å². The van der Waals surface area contributed by atoms with Gasteiger partial charge in [0.15, 0.2) is 0 Å². The molecule has 0 rings (SSSR count). The van der Waals surface area contributed by atoms with Crippen molar-refractivity contribution in [2.45, 2.75) is 78.7 Å². The van der Waals surface area contributed by atoms with Crippen molar-refractivity contribution in [2.24, 2.45) is 11.5 Å². The average molecular weight is 345 g/mol. The number of carboxylic acid groups (broad SMARTS) is 1. The van der Waals surface area contributed by atoms with E-state index < -0.39 is 5.97 Å². The molecule has 0 bridgehead atoms. The summed E-state index contributed by atoms with van der Waals surface area (Å²) in [5.41, 5.74) is 10.5. The smallest absolute Gasteiger partial charge is 0.307 e. The normalized spacial score (nSPS) is 12.0. The molecule has 0 saturated carbocycles. The number of hydrogen-bond acceptors (Lipinski definition) is 6. The predicted octanol–water partition coefficient (Wildman–Crippen LogP) is 1.29. The van der Waals surface area contributed by atoms with E-state index in [9.17, 15) is 9.59 Å². The molecule has 8 heteroatoms. The van der Waals surface area contributed by atoms with E-state index in [2.05, 4.69) is 0 Å². The molecule has 7 nitrogen and oxygen atoms in total. The third kappa shape index (κ3) is 50.8. The highest BCUT2D eigenvalue weighted by atomic mass is 35.5. The van der Waals surface area contributed by atoms with Gasteiger partial charge in [-0.1, -0.05) is 0 Å². The molecule has 0 radical (unpaired) electrons. The second-order valence-corrected chi connectivity index (χ2v) is 5.39. The van der Waals surface area contributed by atoms with Crippen molar-refractivity contribution in [2.75, 3.05) is 0 Å². The number of aliphatic carboxylic acids is 1. The summed E-state index contributed by atoms with van der Waals surface area (Å²) < 4.78 is 4.84. The summed E-state index contributed by atoms with van der Waals surface area (Å²) in [6, 6.07) is -0.330. The third-order valence-electron chi connectivity index (χ3n) is 1.35. The van der Waals surface area contributed by atoms with E-state index in [0.717, 1.165) is 0 Å². The Labute approximate surface area is 139 Å². The summed E-state index contributed by atoms with van der Waals surface area (Å²) in [6.45, 7) is 10.5. The Morgan fingerprint density at radius 1 is 0.955 bits per heavy atom. The number of carboxylic acids is 1. The standard InChI is InChI=1S/C7H15NO2.C4H9NO2.C3H8O.ClH/c1-5(2)10-7(9)4-6(3)8;1-3(5)2-4(6)7;1-3(2)4;/h5-6H,4,8H2,1-3H3;3H,2,5H2,1H3,(H,6,7);3-4H,1-2H3;1H/t6-;3-;;/m00../s1. The minimum Gasteiger partial charge on any atom is -0.481 e. The zero-order valence-electron chi connectivity index (χ0n) is 14.4. The summed E-state index contributed by atoms with van der Waals surface area (Å²) in [5, 5.41) is 16.1. The summed E-state index contributed by atoms with van der Waals surface area (Å²) >= 11 is 0. The first kappa shape index (κ1) is 29.2. The second-order valence-electron chi connectivity index (χ2n) is 5.39. The van der Waals surface area contributed by atoms with Gasteiger partial charge < -0.3 is 26.4 Å². The monoisotopic (exact) mass is 344 g/mol. The Balaban J connectivity index is -0.000000118. The highest BCUT2D eigenvalue weighted by Crippen LogP contribution is 1.94. The second kappa shape index (κ2) is 18.2. The van der Waals surface area contributed by atoms with E-state index in [1.807, 2.05) is 13.8 Å². The van der Waals surface area contributed by atoms with Gasteiger partial charge in [0.1, 0.15) is 0 Å². The molecule has 0 unspecified atom stereocenters. The van der Waals surface area contributed by atoms with E-state index in [0.29, 0.717) is 6.42 Å². The van der Waals surface area contributed by atoms with Crippen LogP contribution in [0.2, 0.25) is 0 Å². The van der Waals surface area contributed by atoms with E-state index in [4.69, 9.17) is 26.4 Å². The van der Waals surface area contributed by atoms with Crippen LogP contribution >= 0.6 is 12.4 Å². The molecule has 0 aliphatic carbocycles. The van der Waals surface area contributed by atoms with E-state index in [1.165, 1.54) is 0 Å². The molecule has 6 N–H and O–H groups in total. The number of halogens is 1. The number of carbonyl (C=O) groups excluding carboxylic acids is 1. The van der Waals surface area contributed by atoms with Gasteiger partial charge in [0.25, 0.3) is 0 Å². The molecule has 0 spiro atoms. The molecule has 0 aliphatic heterocycles. The van der Waals surface area contributed by atoms with Crippen LogP contribution in [-0.4, -0.2) is 46.4 Å². The summed E-state index contributed by atoms with van der Waals surface area (Å²) in [5.74, 6) is -1.06. The Hall–Kier alpha value is -0.890. The van der Waals surface area contributed by atoms with Gasteiger partial charge in [0.05, 0.1) is 18.9 Å². The van der Waals surface area contributed by atoms with Crippen LogP contribution < -0.4 is 11.5 Å². The van der Waals surface area contributed by atoms with Gasteiger partial charge >= 0.3 is 11.9 Å². The number of aliphatic hydroxyl groups is 1. The molecule has 0 aliphatic rings. The molecule has 0 heterocycles. The van der Waals surface area contributed by atoms with Gasteiger partial charge in [-0.05, 0) is 41.5 Å².